The zero-order valence-corrected chi connectivity index (χ0v) is 12.1. The van der Waals surface area contributed by atoms with E-state index in [1.54, 1.807) is 16.8 Å². The maximum atomic E-state index is 12.0. The number of methoxy groups -OCH3 is 1. The summed E-state index contributed by atoms with van der Waals surface area (Å²) in [4.78, 5) is 26.3. The van der Waals surface area contributed by atoms with E-state index in [-0.39, 0.29) is 25.0 Å². The van der Waals surface area contributed by atoms with Crippen molar-refractivity contribution in [1.82, 2.24) is 9.80 Å². The SMILES string of the molecule is COCC(O)CN(C)CC(=O)N1CCC(C(=O)O)CC1. The van der Waals surface area contributed by atoms with Gasteiger partial charge in [-0.25, -0.2) is 0 Å². The van der Waals surface area contributed by atoms with E-state index >= 15 is 0 Å². The number of aliphatic carboxylic acids is 1. The number of carboxylic acids is 1. The van der Waals surface area contributed by atoms with Gasteiger partial charge >= 0.3 is 5.97 Å². The van der Waals surface area contributed by atoms with Gasteiger partial charge in [-0.3, -0.25) is 14.5 Å². The fraction of sp³-hybridized carbons (Fsp3) is 0.846. The van der Waals surface area contributed by atoms with Gasteiger partial charge in [-0.05, 0) is 19.9 Å². The van der Waals surface area contributed by atoms with Crippen LogP contribution in [0.2, 0.25) is 0 Å². The highest BCUT2D eigenvalue weighted by Gasteiger charge is 2.27. The molecule has 1 aliphatic rings. The minimum atomic E-state index is -0.781. The molecule has 7 heteroatoms. The molecule has 0 aromatic heterocycles. The van der Waals surface area contributed by atoms with Crippen molar-refractivity contribution in [3.8, 4) is 0 Å². The highest BCUT2D eigenvalue weighted by Crippen LogP contribution is 2.17. The van der Waals surface area contributed by atoms with Crippen molar-refractivity contribution in [2.45, 2.75) is 18.9 Å². The van der Waals surface area contributed by atoms with Crippen molar-refractivity contribution in [2.75, 3.05) is 46.9 Å². The summed E-state index contributed by atoms with van der Waals surface area (Å²) in [5.74, 6) is -1.14. The number of aliphatic hydroxyl groups is 1. The minimum absolute atomic E-state index is 0.0269. The van der Waals surface area contributed by atoms with E-state index in [0.29, 0.717) is 32.5 Å². The number of carbonyl (C=O) groups excluding carboxylic acids is 1. The van der Waals surface area contributed by atoms with Crippen LogP contribution in [-0.4, -0.2) is 84.9 Å². The zero-order valence-electron chi connectivity index (χ0n) is 12.1. The Labute approximate surface area is 119 Å². The fourth-order valence-corrected chi connectivity index (χ4v) is 2.38. The van der Waals surface area contributed by atoms with Gasteiger partial charge in [-0.15, -0.1) is 0 Å². The monoisotopic (exact) mass is 288 g/mol. The van der Waals surface area contributed by atoms with Crippen LogP contribution in [-0.2, 0) is 14.3 Å². The molecule has 0 aliphatic carbocycles. The Kier molecular flexibility index (Phi) is 6.90. The van der Waals surface area contributed by atoms with Crippen molar-refractivity contribution < 1.29 is 24.5 Å². The van der Waals surface area contributed by atoms with E-state index in [0.717, 1.165) is 0 Å². The summed E-state index contributed by atoms with van der Waals surface area (Å²) in [6.07, 6.45) is 0.407. The molecule has 0 spiro atoms. The summed E-state index contributed by atoms with van der Waals surface area (Å²) in [5.41, 5.74) is 0. The molecule has 0 aromatic rings. The Morgan fingerprint density at radius 3 is 2.50 bits per heavy atom. The molecule has 1 aliphatic heterocycles. The lowest BCUT2D eigenvalue weighted by Gasteiger charge is -2.31. The number of likely N-dealkylation sites (N-methyl/N-ethyl adjacent to an activating group) is 1. The predicted molar refractivity (Wildman–Crippen MR) is 72.3 cm³/mol. The van der Waals surface area contributed by atoms with Crippen molar-refractivity contribution >= 4 is 11.9 Å². The van der Waals surface area contributed by atoms with Gasteiger partial charge in [0.1, 0.15) is 0 Å². The predicted octanol–water partition coefficient (Wildman–Crippen LogP) is -0.751. The second-order valence-corrected chi connectivity index (χ2v) is 5.30. The number of nitrogens with zero attached hydrogens (tertiary/aromatic N) is 2. The standard InChI is InChI=1S/C13H24N2O5/c1-14(7-11(16)9-20-2)8-12(17)15-5-3-10(4-6-15)13(18)19/h10-11,16H,3-9H2,1-2H3,(H,18,19). The number of carbonyl (C=O) groups is 2. The van der Waals surface area contributed by atoms with E-state index < -0.39 is 12.1 Å². The molecule has 0 radical (unpaired) electrons. The Balaban J connectivity index is 2.31. The Hall–Kier alpha value is -1.18. The van der Waals surface area contributed by atoms with Crippen molar-refractivity contribution in [3.05, 3.63) is 0 Å². The van der Waals surface area contributed by atoms with Gasteiger partial charge in [0.2, 0.25) is 5.91 Å². The lowest BCUT2D eigenvalue weighted by atomic mass is 9.97. The second kappa shape index (κ2) is 8.18. The number of amides is 1. The smallest absolute Gasteiger partial charge is 0.306 e. The summed E-state index contributed by atoms with van der Waals surface area (Å²) < 4.78 is 4.83. The molecule has 0 saturated carbocycles. The minimum Gasteiger partial charge on any atom is -0.481 e. The molecule has 1 rings (SSSR count). The van der Waals surface area contributed by atoms with Gasteiger partial charge in [0.15, 0.2) is 0 Å². The summed E-state index contributed by atoms with van der Waals surface area (Å²) in [5, 5.41) is 18.5. The third kappa shape index (κ3) is 5.44. The highest BCUT2D eigenvalue weighted by atomic mass is 16.5. The molecule has 1 fully saturated rings. The van der Waals surface area contributed by atoms with Crippen molar-refractivity contribution in [3.63, 3.8) is 0 Å². The summed E-state index contributed by atoms with van der Waals surface area (Å²) in [6, 6.07) is 0. The Morgan fingerprint density at radius 1 is 1.40 bits per heavy atom. The molecular weight excluding hydrogens is 264 g/mol. The van der Waals surface area contributed by atoms with Crippen molar-refractivity contribution in [1.29, 1.82) is 0 Å². The first kappa shape index (κ1) is 16.9. The van der Waals surface area contributed by atoms with Gasteiger partial charge in [0.05, 0.1) is 25.2 Å². The van der Waals surface area contributed by atoms with E-state index in [4.69, 9.17) is 9.84 Å². The van der Waals surface area contributed by atoms with Crippen LogP contribution < -0.4 is 0 Å². The number of hydrogen-bond acceptors (Lipinski definition) is 5. The van der Waals surface area contributed by atoms with Crippen LogP contribution in [0.15, 0.2) is 0 Å². The first-order valence-corrected chi connectivity index (χ1v) is 6.80. The molecule has 116 valence electrons. The molecular formula is C13H24N2O5. The molecule has 0 aromatic carbocycles. The van der Waals surface area contributed by atoms with E-state index in [1.807, 2.05) is 0 Å². The zero-order chi connectivity index (χ0) is 15.1. The van der Waals surface area contributed by atoms with Gasteiger partial charge in [-0.1, -0.05) is 0 Å². The van der Waals surface area contributed by atoms with E-state index in [2.05, 4.69) is 0 Å². The number of piperidine rings is 1. The van der Waals surface area contributed by atoms with Gasteiger partial charge in [0, 0.05) is 26.7 Å². The lowest BCUT2D eigenvalue weighted by molar-refractivity contribution is -0.146. The largest absolute Gasteiger partial charge is 0.481 e. The molecule has 1 heterocycles. The maximum Gasteiger partial charge on any atom is 0.306 e. The van der Waals surface area contributed by atoms with Crippen LogP contribution >= 0.6 is 0 Å². The number of ether oxygens (including phenoxy) is 1. The van der Waals surface area contributed by atoms with Gasteiger partial charge in [-0.2, -0.15) is 0 Å². The summed E-state index contributed by atoms with van der Waals surface area (Å²) in [6.45, 7) is 1.81. The normalized spacial score (nSPS) is 18.3. The first-order valence-electron chi connectivity index (χ1n) is 6.80. The molecule has 2 N–H and O–H groups in total. The van der Waals surface area contributed by atoms with Crippen LogP contribution in [0.4, 0.5) is 0 Å². The summed E-state index contributed by atoms with van der Waals surface area (Å²) >= 11 is 0. The molecule has 20 heavy (non-hydrogen) atoms. The van der Waals surface area contributed by atoms with Gasteiger partial charge < -0.3 is 19.8 Å². The van der Waals surface area contributed by atoms with E-state index in [9.17, 15) is 14.7 Å². The fourth-order valence-electron chi connectivity index (χ4n) is 2.38. The number of hydrogen-bond donors (Lipinski definition) is 2. The molecule has 1 saturated heterocycles. The molecule has 0 bridgehead atoms. The number of likely N-dealkylation sites (tertiary alicyclic amines) is 1. The summed E-state index contributed by atoms with van der Waals surface area (Å²) in [7, 11) is 3.28. The van der Waals surface area contributed by atoms with Crippen LogP contribution in [0.3, 0.4) is 0 Å². The third-order valence-electron chi connectivity index (χ3n) is 3.48. The first-order chi connectivity index (χ1) is 9.43. The third-order valence-corrected chi connectivity index (χ3v) is 3.48. The molecule has 1 atom stereocenters. The quantitative estimate of drug-likeness (QED) is 0.640. The van der Waals surface area contributed by atoms with Crippen molar-refractivity contribution in [2.24, 2.45) is 5.92 Å². The van der Waals surface area contributed by atoms with Crippen LogP contribution in [0.5, 0.6) is 0 Å². The Bertz CT molecular complexity index is 329. The second-order valence-electron chi connectivity index (χ2n) is 5.30. The average Bonchev–Trinajstić information content (AvgIpc) is 2.38. The lowest BCUT2D eigenvalue weighted by Crippen LogP contribution is -2.45. The van der Waals surface area contributed by atoms with Gasteiger partial charge in [0.25, 0.3) is 0 Å². The highest BCUT2D eigenvalue weighted by molar-refractivity contribution is 5.78. The number of carboxylic acid groups (broad SMARTS) is 1. The maximum absolute atomic E-state index is 12.0. The van der Waals surface area contributed by atoms with Crippen LogP contribution in [0.1, 0.15) is 12.8 Å². The van der Waals surface area contributed by atoms with Crippen LogP contribution in [0.25, 0.3) is 0 Å². The topological polar surface area (TPSA) is 90.3 Å². The number of aliphatic hydroxyl groups excluding tert-OH is 1. The van der Waals surface area contributed by atoms with Crippen LogP contribution in [0, 0.1) is 5.92 Å². The molecule has 1 amide bonds. The average molecular weight is 288 g/mol. The number of rotatable bonds is 7. The molecule has 7 nitrogen and oxygen atoms in total. The molecule has 1 unspecified atom stereocenters. The Morgan fingerprint density at radius 2 is 2.00 bits per heavy atom. The van der Waals surface area contributed by atoms with E-state index in [1.165, 1.54) is 7.11 Å².